The molecule has 112 valence electrons. The number of aromatic nitrogens is 2. The number of thiophene rings is 1. The third kappa shape index (κ3) is 3.05. The first-order valence-corrected chi connectivity index (χ1v) is 7.56. The number of hydrogen-bond acceptors (Lipinski definition) is 5. The number of hydrogen-bond donors (Lipinski definition) is 1. The van der Waals surface area contributed by atoms with Gasteiger partial charge in [0.15, 0.2) is 0 Å². The van der Waals surface area contributed by atoms with Gasteiger partial charge >= 0.3 is 0 Å². The van der Waals surface area contributed by atoms with Crippen LogP contribution in [0, 0.1) is 10.1 Å². The van der Waals surface area contributed by atoms with Crippen LogP contribution in [-0.2, 0) is 6.54 Å². The number of non-ortho nitro benzene ring substituents is 1. The van der Waals surface area contributed by atoms with E-state index in [2.05, 4.69) is 5.10 Å². The van der Waals surface area contributed by atoms with Crippen LogP contribution >= 0.6 is 11.3 Å². The first-order chi connectivity index (χ1) is 10.6. The highest BCUT2D eigenvalue weighted by Crippen LogP contribution is 2.22. The number of aliphatic hydroxyl groups excluding tert-OH is 1. The summed E-state index contributed by atoms with van der Waals surface area (Å²) in [6, 6.07) is 9.88. The predicted octanol–water partition coefficient (Wildman–Crippen LogP) is 3.25. The smallest absolute Gasteiger partial charge is 0.269 e. The standard InChI is InChI=1S/C15H13N3O3S/c19-15(11-2-1-3-13(8-11)18(20)21)9-17-6-4-14(16-17)12-5-7-22-10-12/h1-8,10,15,19H,9H2/t15-/m0/s1. The fourth-order valence-corrected chi connectivity index (χ4v) is 2.81. The Hall–Kier alpha value is -2.51. The van der Waals surface area contributed by atoms with Gasteiger partial charge in [-0.05, 0) is 23.1 Å². The Morgan fingerprint density at radius 2 is 2.23 bits per heavy atom. The van der Waals surface area contributed by atoms with Crippen molar-refractivity contribution in [2.24, 2.45) is 0 Å². The van der Waals surface area contributed by atoms with Crippen LogP contribution in [-0.4, -0.2) is 19.8 Å². The summed E-state index contributed by atoms with van der Waals surface area (Å²) in [7, 11) is 0. The maximum atomic E-state index is 10.8. The van der Waals surface area contributed by atoms with Crippen molar-refractivity contribution in [3.05, 3.63) is 69.0 Å². The molecule has 3 aromatic rings. The maximum absolute atomic E-state index is 10.8. The molecule has 1 N–H and O–H groups in total. The van der Waals surface area contributed by atoms with E-state index in [0.717, 1.165) is 11.3 Å². The summed E-state index contributed by atoms with van der Waals surface area (Å²) in [5, 5.41) is 29.4. The average Bonchev–Trinajstić information content (AvgIpc) is 3.18. The molecule has 1 atom stereocenters. The zero-order valence-corrected chi connectivity index (χ0v) is 12.3. The van der Waals surface area contributed by atoms with Gasteiger partial charge in [0.2, 0.25) is 0 Å². The summed E-state index contributed by atoms with van der Waals surface area (Å²) >= 11 is 1.60. The Morgan fingerprint density at radius 3 is 2.95 bits per heavy atom. The summed E-state index contributed by atoms with van der Waals surface area (Å²) in [4.78, 5) is 10.3. The van der Waals surface area contributed by atoms with E-state index >= 15 is 0 Å². The Morgan fingerprint density at radius 1 is 1.36 bits per heavy atom. The molecular formula is C15H13N3O3S. The molecule has 0 amide bonds. The highest BCUT2D eigenvalue weighted by molar-refractivity contribution is 7.08. The molecule has 2 aromatic heterocycles. The normalized spacial score (nSPS) is 12.2. The molecule has 0 unspecified atom stereocenters. The third-order valence-corrected chi connectivity index (χ3v) is 3.97. The lowest BCUT2D eigenvalue weighted by Crippen LogP contribution is -2.09. The molecule has 0 saturated carbocycles. The zero-order chi connectivity index (χ0) is 15.5. The lowest BCUT2D eigenvalue weighted by molar-refractivity contribution is -0.385. The van der Waals surface area contributed by atoms with Gasteiger partial charge < -0.3 is 5.11 Å². The molecule has 0 aliphatic carbocycles. The molecule has 6 nitrogen and oxygen atoms in total. The molecule has 0 aliphatic rings. The van der Waals surface area contributed by atoms with Crippen molar-refractivity contribution in [1.82, 2.24) is 9.78 Å². The van der Waals surface area contributed by atoms with Crippen molar-refractivity contribution < 1.29 is 10.0 Å². The molecule has 3 rings (SSSR count). The quantitative estimate of drug-likeness (QED) is 0.579. The second-order valence-corrected chi connectivity index (χ2v) is 5.58. The van der Waals surface area contributed by atoms with Gasteiger partial charge in [-0.2, -0.15) is 16.4 Å². The monoisotopic (exact) mass is 315 g/mol. The molecule has 0 saturated heterocycles. The molecule has 7 heteroatoms. The van der Waals surface area contributed by atoms with Crippen LogP contribution in [0.5, 0.6) is 0 Å². The second kappa shape index (κ2) is 6.08. The van der Waals surface area contributed by atoms with E-state index in [-0.39, 0.29) is 12.2 Å². The number of benzene rings is 1. The Balaban J connectivity index is 1.75. The van der Waals surface area contributed by atoms with Crippen LogP contribution in [0.4, 0.5) is 5.69 Å². The van der Waals surface area contributed by atoms with E-state index in [1.165, 1.54) is 12.1 Å². The van der Waals surface area contributed by atoms with E-state index in [4.69, 9.17) is 0 Å². The van der Waals surface area contributed by atoms with Crippen molar-refractivity contribution in [2.75, 3.05) is 0 Å². The van der Waals surface area contributed by atoms with Gasteiger partial charge in [-0.25, -0.2) is 0 Å². The van der Waals surface area contributed by atoms with E-state index < -0.39 is 11.0 Å². The highest BCUT2D eigenvalue weighted by atomic mass is 32.1. The van der Waals surface area contributed by atoms with Gasteiger partial charge in [0, 0.05) is 29.3 Å². The van der Waals surface area contributed by atoms with Crippen LogP contribution in [0.1, 0.15) is 11.7 Å². The maximum Gasteiger partial charge on any atom is 0.269 e. The molecule has 0 fully saturated rings. The number of aliphatic hydroxyl groups is 1. The minimum atomic E-state index is -0.852. The third-order valence-electron chi connectivity index (χ3n) is 3.28. The zero-order valence-electron chi connectivity index (χ0n) is 11.5. The Labute approximate surface area is 130 Å². The molecule has 0 bridgehead atoms. The van der Waals surface area contributed by atoms with E-state index in [1.54, 1.807) is 34.3 Å². The first kappa shape index (κ1) is 14.4. The molecule has 0 spiro atoms. The number of rotatable bonds is 5. The molecule has 0 aliphatic heterocycles. The van der Waals surface area contributed by atoms with Gasteiger partial charge in [0.1, 0.15) is 0 Å². The Bertz CT molecular complexity index is 783. The molecule has 22 heavy (non-hydrogen) atoms. The van der Waals surface area contributed by atoms with E-state index in [9.17, 15) is 15.2 Å². The van der Waals surface area contributed by atoms with Gasteiger partial charge in [-0.15, -0.1) is 0 Å². The van der Waals surface area contributed by atoms with Crippen molar-refractivity contribution >= 4 is 17.0 Å². The largest absolute Gasteiger partial charge is 0.386 e. The van der Waals surface area contributed by atoms with E-state index in [0.29, 0.717) is 5.56 Å². The first-order valence-electron chi connectivity index (χ1n) is 6.62. The van der Waals surface area contributed by atoms with Gasteiger partial charge in [-0.3, -0.25) is 14.8 Å². The van der Waals surface area contributed by atoms with Gasteiger partial charge in [0.05, 0.1) is 23.3 Å². The van der Waals surface area contributed by atoms with Crippen LogP contribution in [0.2, 0.25) is 0 Å². The SMILES string of the molecule is O=[N+]([O-])c1cccc([C@@H](O)Cn2ccc(-c3ccsc3)n2)c1. The van der Waals surface area contributed by atoms with E-state index in [1.807, 2.05) is 22.9 Å². The molecule has 0 radical (unpaired) electrons. The molecule has 2 heterocycles. The number of nitro benzene ring substituents is 1. The van der Waals surface area contributed by atoms with Gasteiger partial charge in [0.25, 0.3) is 5.69 Å². The topological polar surface area (TPSA) is 81.2 Å². The van der Waals surface area contributed by atoms with Crippen LogP contribution in [0.3, 0.4) is 0 Å². The summed E-state index contributed by atoms with van der Waals surface area (Å²) in [5.74, 6) is 0. The Kier molecular flexibility index (Phi) is 3.99. The fourth-order valence-electron chi connectivity index (χ4n) is 2.16. The molecule has 1 aromatic carbocycles. The lowest BCUT2D eigenvalue weighted by atomic mass is 10.1. The van der Waals surface area contributed by atoms with Crippen molar-refractivity contribution in [1.29, 1.82) is 0 Å². The van der Waals surface area contributed by atoms with Crippen molar-refractivity contribution in [3.63, 3.8) is 0 Å². The predicted molar refractivity (Wildman–Crippen MR) is 83.6 cm³/mol. The van der Waals surface area contributed by atoms with Crippen LogP contribution in [0.25, 0.3) is 11.3 Å². The average molecular weight is 315 g/mol. The van der Waals surface area contributed by atoms with Crippen LogP contribution < -0.4 is 0 Å². The minimum Gasteiger partial charge on any atom is -0.386 e. The van der Waals surface area contributed by atoms with Crippen molar-refractivity contribution in [3.8, 4) is 11.3 Å². The minimum absolute atomic E-state index is 0.0315. The summed E-state index contributed by atoms with van der Waals surface area (Å²) < 4.78 is 1.64. The number of nitro groups is 1. The second-order valence-electron chi connectivity index (χ2n) is 4.80. The highest BCUT2D eigenvalue weighted by Gasteiger charge is 2.14. The van der Waals surface area contributed by atoms with Gasteiger partial charge in [-0.1, -0.05) is 12.1 Å². The van der Waals surface area contributed by atoms with Crippen LogP contribution in [0.15, 0.2) is 53.4 Å². The molecular weight excluding hydrogens is 302 g/mol. The lowest BCUT2D eigenvalue weighted by Gasteiger charge is -2.10. The van der Waals surface area contributed by atoms with Crippen molar-refractivity contribution in [2.45, 2.75) is 12.6 Å². The summed E-state index contributed by atoms with van der Waals surface area (Å²) in [6.07, 6.45) is 0.934. The number of nitrogens with zero attached hydrogens (tertiary/aromatic N) is 3. The summed E-state index contributed by atoms with van der Waals surface area (Å²) in [6.45, 7) is 0.241. The fraction of sp³-hybridized carbons (Fsp3) is 0.133. The summed E-state index contributed by atoms with van der Waals surface area (Å²) in [5.41, 5.74) is 2.35.